The van der Waals surface area contributed by atoms with E-state index in [0.29, 0.717) is 31.7 Å². The Balaban J connectivity index is 1.31. The lowest BCUT2D eigenvalue weighted by Crippen LogP contribution is -2.49. The summed E-state index contributed by atoms with van der Waals surface area (Å²) in [4.78, 5) is 38.0. The highest BCUT2D eigenvalue weighted by Gasteiger charge is 2.24. The van der Waals surface area contributed by atoms with Gasteiger partial charge in [-0.25, -0.2) is 4.79 Å². The average molecular weight is 410 g/mol. The largest absolute Gasteiger partial charge is 0.484 e. The van der Waals surface area contributed by atoms with Crippen LogP contribution in [0.4, 0.5) is 10.5 Å². The van der Waals surface area contributed by atoms with Crippen LogP contribution in [0.2, 0.25) is 0 Å². The molecule has 1 heterocycles. The van der Waals surface area contributed by atoms with Gasteiger partial charge >= 0.3 is 6.03 Å². The fourth-order valence-electron chi connectivity index (χ4n) is 3.15. The van der Waals surface area contributed by atoms with Crippen molar-refractivity contribution >= 4 is 23.5 Å². The third-order valence-electron chi connectivity index (χ3n) is 4.76. The van der Waals surface area contributed by atoms with Gasteiger partial charge in [0.2, 0.25) is 5.91 Å². The number of nitrogens with one attached hydrogen (secondary N) is 3. The Bertz CT molecular complexity index is 837. The molecule has 0 aliphatic carbocycles. The molecule has 0 unspecified atom stereocenters. The van der Waals surface area contributed by atoms with Gasteiger partial charge in [0.05, 0.1) is 6.54 Å². The molecule has 0 radical (unpaired) electrons. The molecule has 30 heavy (non-hydrogen) atoms. The number of ether oxygens (including phenoxy) is 1. The monoisotopic (exact) mass is 410 g/mol. The Labute approximate surface area is 175 Å². The van der Waals surface area contributed by atoms with E-state index < -0.39 is 0 Å². The van der Waals surface area contributed by atoms with Gasteiger partial charge in [-0.2, -0.15) is 0 Å². The van der Waals surface area contributed by atoms with Crippen LogP contribution in [0.25, 0.3) is 0 Å². The lowest BCUT2D eigenvalue weighted by Gasteiger charge is -2.32. The summed E-state index contributed by atoms with van der Waals surface area (Å²) in [6, 6.07) is 18.0. The van der Waals surface area contributed by atoms with Crippen molar-refractivity contribution in [2.75, 3.05) is 31.6 Å². The molecule has 3 N–H and O–H groups in total. The predicted octanol–water partition coefficient (Wildman–Crippen LogP) is 1.99. The number of rotatable bonds is 7. The molecule has 0 bridgehead atoms. The van der Waals surface area contributed by atoms with Crippen LogP contribution in [0.5, 0.6) is 5.75 Å². The molecule has 2 aromatic rings. The molecule has 158 valence electrons. The minimum atomic E-state index is -0.346. The number of benzene rings is 2. The van der Waals surface area contributed by atoms with E-state index in [1.54, 1.807) is 17.0 Å². The maximum absolute atomic E-state index is 12.3. The SMILES string of the molecule is O=C(COc1ccccc1)NCC(=O)N1CCC(NC(=O)Nc2ccccc2)CC1. The summed E-state index contributed by atoms with van der Waals surface area (Å²) < 4.78 is 5.36. The molecule has 1 aliphatic heterocycles. The summed E-state index contributed by atoms with van der Waals surface area (Å²) in [5.41, 5.74) is 0.731. The van der Waals surface area contributed by atoms with Crippen LogP contribution in [0.15, 0.2) is 60.7 Å². The number of para-hydroxylation sites is 2. The third-order valence-corrected chi connectivity index (χ3v) is 4.76. The lowest BCUT2D eigenvalue weighted by atomic mass is 10.1. The van der Waals surface area contributed by atoms with Crippen LogP contribution in [-0.4, -0.2) is 55.0 Å². The number of anilines is 1. The molecule has 1 aliphatic rings. The van der Waals surface area contributed by atoms with Crippen LogP contribution in [0, 0.1) is 0 Å². The van der Waals surface area contributed by atoms with Crippen molar-refractivity contribution in [2.45, 2.75) is 18.9 Å². The maximum atomic E-state index is 12.3. The first-order valence-electron chi connectivity index (χ1n) is 9.95. The first kappa shape index (κ1) is 21.2. The first-order chi connectivity index (χ1) is 14.6. The number of piperidine rings is 1. The highest BCUT2D eigenvalue weighted by Crippen LogP contribution is 2.12. The Morgan fingerprint density at radius 3 is 2.23 bits per heavy atom. The van der Waals surface area contributed by atoms with Gasteiger partial charge in [0.25, 0.3) is 5.91 Å². The maximum Gasteiger partial charge on any atom is 0.319 e. The van der Waals surface area contributed by atoms with Crippen LogP contribution in [0.1, 0.15) is 12.8 Å². The van der Waals surface area contributed by atoms with E-state index in [1.165, 1.54) is 0 Å². The van der Waals surface area contributed by atoms with E-state index in [2.05, 4.69) is 16.0 Å². The fourth-order valence-corrected chi connectivity index (χ4v) is 3.15. The van der Waals surface area contributed by atoms with Gasteiger partial charge in [-0.15, -0.1) is 0 Å². The van der Waals surface area contributed by atoms with Gasteiger partial charge in [-0.1, -0.05) is 36.4 Å². The highest BCUT2D eigenvalue weighted by molar-refractivity contribution is 5.89. The molecule has 8 heteroatoms. The highest BCUT2D eigenvalue weighted by atomic mass is 16.5. The molecule has 3 rings (SSSR count). The fraction of sp³-hybridized carbons (Fsp3) is 0.318. The molecule has 0 spiro atoms. The smallest absolute Gasteiger partial charge is 0.319 e. The number of nitrogens with zero attached hydrogens (tertiary/aromatic N) is 1. The van der Waals surface area contributed by atoms with Gasteiger partial charge < -0.3 is 25.6 Å². The van der Waals surface area contributed by atoms with Crippen molar-refractivity contribution < 1.29 is 19.1 Å². The third kappa shape index (κ3) is 6.80. The Morgan fingerprint density at radius 2 is 1.57 bits per heavy atom. The number of amides is 4. The van der Waals surface area contributed by atoms with E-state index in [0.717, 1.165) is 5.69 Å². The Kier molecular flexibility index (Phi) is 7.65. The van der Waals surface area contributed by atoms with E-state index in [4.69, 9.17) is 4.74 Å². The van der Waals surface area contributed by atoms with Gasteiger partial charge in [0.15, 0.2) is 6.61 Å². The van der Waals surface area contributed by atoms with Crippen molar-refractivity contribution in [3.8, 4) is 5.75 Å². The zero-order chi connectivity index (χ0) is 21.2. The van der Waals surface area contributed by atoms with E-state index in [1.807, 2.05) is 48.5 Å². The zero-order valence-electron chi connectivity index (χ0n) is 16.7. The van der Waals surface area contributed by atoms with Crippen molar-refractivity contribution in [2.24, 2.45) is 0 Å². The number of carbonyl (C=O) groups is 3. The molecule has 2 aromatic carbocycles. The summed E-state index contributed by atoms with van der Waals surface area (Å²) >= 11 is 0. The average Bonchev–Trinajstić information content (AvgIpc) is 2.78. The number of likely N-dealkylation sites (tertiary alicyclic amines) is 1. The molecule has 1 saturated heterocycles. The number of urea groups is 1. The molecule has 8 nitrogen and oxygen atoms in total. The molecule has 0 saturated carbocycles. The van der Waals surface area contributed by atoms with Gasteiger partial charge in [0, 0.05) is 24.8 Å². The van der Waals surface area contributed by atoms with Crippen LogP contribution in [-0.2, 0) is 9.59 Å². The topological polar surface area (TPSA) is 99.8 Å². The van der Waals surface area contributed by atoms with E-state index in [9.17, 15) is 14.4 Å². The summed E-state index contributed by atoms with van der Waals surface area (Å²) in [7, 11) is 0. The number of hydrogen-bond donors (Lipinski definition) is 3. The van der Waals surface area contributed by atoms with E-state index >= 15 is 0 Å². The second kappa shape index (κ2) is 10.8. The Hall–Kier alpha value is -3.55. The van der Waals surface area contributed by atoms with Gasteiger partial charge in [0.1, 0.15) is 5.75 Å². The molecule has 0 atom stereocenters. The van der Waals surface area contributed by atoms with Crippen molar-refractivity contribution in [1.29, 1.82) is 0 Å². The van der Waals surface area contributed by atoms with Crippen LogP contribution in [0.3, 0.4) is 0 Å². The summed E-state index contributed by atoms with van der Waals surface area (Å²) in [5.74, 6) is 0.112. The van der Waals surface area contributed by atoms with Gasteiger partial charge in [-0.05, 0) is 37.1 Å². The Morgan fingerprint density at radius 1 is 0.933 bits per heavy atom. The first-order valence-corrected chi connectivity index (χ1v) is 9.95. The lowest BCUT2D eigenvalue weighted by molar-refractivity contribution is -0.134. The number of hydrogen-bond acceptors (Lipinski definition) is 4. The normalized spacial score (nSPS) is 13.9. The molecule has 0 aromatic heterocycles. The number of carbonyl (C=O) groups excluding carboxylic acids is 3. The molecule has 4 amide bonds. The molecular weight excluding hydrogens is 384 g/mol. The quantitative estimate of drug-likeness (QED) is 0.650. The van der Waals surface area contributed by atoms with Crippen molar-refractivity contribution in [3.63, 3.8) is 0 Å². The van der Waals surface area contributed by atoms with Crippen molar-refractivity contribution in [3.05, 3.63) is 60.7 Å². The van der Waals surface area contributed by atoms with E-state index in [-0.39, 0.29) is 37.0 Å². The standard InChI is InChI=1S/C22H26N4O4/c27-20(16-30-19-9-5-2-6-10-19)23-15-21(28)26-13-11-18(12-14-26)25-22(29)24-17-7-3-1-4-8-17/h1-10,18H,11-16H2,(H,23,27)(H2,24,25,29). The second-order valence-electron chi connectivity index (χ2n) is 7.00. The minimum absolute atomic E-state index is 0.00613. The van der Waals surface area contributed by atoms with Crippen molar-refractivity contribution in [1.82, 2.24) is 15.5 Å². The summed E-state index contributed by atoms with van der Waals surface area (Å²) in [6.07, 6.45) is 1.33. The molecule has 1 fully saturated rings. The molecular formula is C22H26N4O4. The minimum Gasteiger partial charge on any atom is -0.484 e. The second-order valence-corrected chi connectivity index (χ2v) is 7.00. The van der Waals surface area contributed by atoms with Crippen LogP contribution < -0.4 is 20.7 Å². The predicted molar refractivity (Wildman–Crippen MR) is 113 cm³/mol. The summed E-state index contributed by atoms with van der Waals surface area (Å²) in [5, 5.41) is 8.31. The van der Waals surface area contributed by atoms with Gasteiger partial charge in [-0.3, -0.25) is 9.59 Å². The summed E-state index contributed by atoms with van der Waals surface area (Å²) in [6.45, 7) is 0.861. The zero-order valence-corrected chi connectivity index (χ0v) is 16.7. The van der Waals surface area contributed by atoms with Crippen LogP contribution >= 0.6 is 0 Å².